The summed E-state index contributed by atoms with van der Waals surface area (Å²) < 4.78 is 1.14. The van der Waals surface area contributed by atoms with Crippen LogP contribution in [0.2, 0.25) is 0 Å². The van der Waals surface area contributed by atoms with Gasteiger partial charge in [-0.1, -0.05) is 56.3 Å². The van der Waals surface area contributed by atoms with E-state index in [0.29, 0.717) is 5.75 Å². The molecule has 1 aliphatic carbocycles. The van der Waals surface area contributed by atoms with Gasteiger partial charge in [0.2, 0.25) is 0 Å². The Kier molecular flexibility index (Phi) is 2.89. The zero-order chi connectivity index (χ0) is 17.2. The average molecular weight is 343 g/mol. The molecule has 0 unspecified atom stereocenters. The summed E-state index contributed by atoms with van der Waals surface area (Å²) in [4.78, 5) is 4.81. The third-order valence-corrected chi connectivity index (χ3v) is 6.26. The van der Waals surface area contributed by atoms with Crippen molar-refractivity contribution in [3.8, 4) is 27.4 Å². The number of fused-ring (bicyclic) bond motifs is 4. The standard InChI is InChI=1S/C22H17NOS/c1-22(2)15-8-4-3-7-13(15)14-11-12-17(24)19(20(14)22)21-23-16-9-5-6-10-18(16)25-21/h3-12,24H,1-2H3. The highest BCUT2D eigenvalue weighted by Crippen LogP contribution is 2.54. The lowest BCUT2D eigenvalue weighted by atomic mass is 9.80. The summed E-state index contributed by atoms with van der Waals surface area (Å²) in [6.45, 7) is 4.46. The first-order valence-corrected chi connectivity index (χ1v) is 9.21. The fourth-order valence-electron chi connectivity index (χ4n) is 4.06. The Labute approximate surface area is 150 Å². The van der Waals surface area contributed by atoms with Crippen LogP contribution in [0.5, 0.6) is 5.75 Å². The lowest BCUT2D eigenvalue weighted by molar-refractivity contribution is 0.475. The summed E-state index contributed by atoms with van der Waals surface area (Å²) in [7, 11) is 0. The van der Waals surface area contributed by atoms with Crippen LogP contribution in [0.25, 0.3) is 31.9 Å². The number of thiazole rings is 1. The minimum Gasteiger partial charge on any atom is -0.507 e. The van der Waals surface area contributed by atoms with E-state index in [4.69, 9.17) is 4.98 Å². The third kappa shape index (κ3) is 1.93. The Bertz CT molecular complexity index is 1110. The van der Waals surface area contributed by atoms with Crippen molar-refractivity contribution >= 4 is 21.6 Å². The molecule has 0 fully saturated rings. The van der Waals surface area contributed by atoms with Gasteiger partial charge in [0.25, 0.3) is 0 Å². The van der Waals surface area contributed by atoms with Crippen LogP contribution in [-0.4, -0.2) is 10.1 Å². The quantitative estimate of drug-likeness (QED) is 0.461. The van der Waals surface area contributed by atoms with E-state index in [1.807, 2.05) is 24.3 Å². The number of aromatic nitrogens is 1. The zero-order valence-electron chi connectivity index (χ0n) is 14.1. The fourth-order valence-corrected chi connectivity index (χ4v) is 5.08. The Hall–Kier alpha value is -2.65. The van der Waals surface area contributed by atoms with Crippen molar-refractivity contribution in [3.63, 3.8) is 0 Å². The molecular weight excluding hydrogens is 326 g/mol. The highest BCUT2D eigenvalue weighted by Gasteiger charge is 2.39. The van der Waals surface area contributed by atoms with Gasteiger partial charge in [0.1, 0.15) is 10.8 Å². The van der Waals surface area contributed by atoms with Crippen molar-refractivity contribution in [2.45, 2.75) is 19.3 Å². The van der Waals surface area contributed by atoms with Crippen LogP contribution in [0, 0.1) is 0 Å². The van der Waals surface area contributed by atoms with E-state index in [-0.39, 0.29) is 5.41 Å². The first-order valence-electron chi connectivity index (χ1n) is 8.39. The maximum atomic E-state index is 10.7. The Balaban J connectivity index is 1.86. The first-order chi connectivity index (χ1) is 12.1. The molecule has 0 saturated heterocycles. The van der Waals surface area contributed by atoms with Gasteiger partial charge in [-0.2, -0.15) is 0 Å². The van der Waals surface area contributed by atoms with Crippen LogP contribution in [0.3, 0.4) is 0 Å². The molecule has 0 bridgehead atoms. The van der Waals surface area contributed by atoms with E-state index >= 15 is 0 Å². The number of phenols is 1. The van der Waals surface area contributed by atoms with E-state index in [1.54, 1.807) is 17.4 Å². The van der Waals surface area contributed by atoms with Gasteiger partial charge in [-0.15, -0.1) is 11.3 Å². The van der Waals surface area contributed by atoms with Crippen molar-refractivity contribution in [2.75, 3.05) is 0 Å². The lowest BCUT2D eigenvalue weighted by Gasteiger charge is -2.24. The number of nitrogens with zero attached hydrogens (tertiary/aromatic N) is 1. The minimum atomic E-state index is -0.169. The molecule has 0 atom stereocenters. The molecule has 1 aromatic heterocycles. The molecule has 2 nitrogen and oxygen atoms in total. The summed E-state index contributed by atoms with van der Waals surface area (Å²) in [5.41, 5.74) is 6.62. The van der Waals surface area contributed by atoms with Crippen molar-refractivity contribution < 1.29 is 5.11 Å². The van der Waals surface area contributed by atoms with Gasteiger partial charge in [-0.3, -0.25) is 0 Å². The molecule has 122 valence electrons. The van der Waals surface area contributed by atoms with Crippen molar-refractivity contribution in [1.82, 2.24) is 4.98 Å². The SMILES string of the molecule is CC1(C)c2ccccc2-c2ccc(O)c(-c3nc4ccccc4s3)c21. The Morgan fingerprint density at radius 2 is 1.64 bits per heavy atom. The van der Waals surface area contributed by atoms with Crippen LogP contribution in [0.4, 0.5) is 0 Å². The number of phenolic OH excluding ortho intramolecular Hbond substituents is 1. The molecule has 0 spiro atoms. The van der Waals surface area contributed by atoms with Crippen molar-refractivity contribution in [3.05, 3.63) is 71.8 Å². The predicted molar refractivity (Wildman–Crippen MR) is 104 cm³/mol. The van der Waals surface area contributed by atoms with E-state index in [0.717, 1.165) is 20.8 Å². The van der Waals surface area contributed by atoms with E-state index in [9.17, 15) is 5.11 Å². The smallest absolute Gasteiger partial charge is 0.128 e. The first kappa shape index (κ1) is 14.7. The lowest BCUT2D eigenvalue weighted by Crippen LogP contribution is -2.16. The molecular formula is C22H17NOS. The molecule has 3 heteroatoms. The maximum Gasteiger partial charge on any atom is 0.128 e. The van der Waals surface area contributed by atoms with Gasteiger partial charge in [0, 0.05) is 5.41 Å². The maximum absolute atomic E-state index is 10.7. The normalized spacial score (nSPS) is 14.5. The summed E-state index contributed by atoms with van der Waals surface area (Å²) in [6.07, 6.45) is 0. The van der Waals surface area contributed by atoms with E-state index < -0.39 is 0 Å². The molecule has 5 rings (SSSR count). The second-order valence-corrected chi connectivity index (χ2v) is 8.07. The summed E-state index contributed by atoms with van der Waals surface area (Å²) in [6, 6.07) is 20.5. The molecule has 3 aromatic carbocycles. The van der Waals surface area contributed by atoms with Gasteiger partial charge < -0.3 is 5.11 Å². The number of hydrogen-bond acceptors (Lipinski definition) is 3. The van der Waals surface area contributed by atoms with Crippen molar-refractivity contribution in [1.29, 1.82) is 0 Å². The predicted octanol–water partition coefficient (Wildman–Crippen LogP) is 5.98. The average Bonchev–Trinajstić information content (AvgIpc) is 3.13. The highest BCUT2D eigenvalue weighted by atomic mass is 32.1. The second kappa shape index (κ2) is 4.93. The fraction of sp³-hybridized carbons (Fsp3) is 0.136. The topological polar surface area (TPSA) is 33.1 Å². The number of aromatic hydroxyl groups is 1. The van der Waals surface area contributed by atoms with Gasteiger partial charge >= 0.3 is 0 Å². The van der Waals surface area contributed by atoms with Crippen LogP contribution in [0.1, 0.15) is 25.0 Å². The number of rotatable bonds is 1. The highest BCUT2D eigenvalue weighted by molar-refractivity contribution is 7.21. The van der Waals surface area contributed by atoms with E-state index in [2.05, 4.69) is 44.2 Å². The second-order valence-electron chi connectivity index (χ2n) is 7.04. The largest absolute Gasteiger partial charge is 0.507 e. The number of para-hydroxylation sites is 1. The molecule has 1 aliphatic rings. The Morgan fingerprint density at radius 3 is 2.48 bits per heavy atom. The van der Waals surface area contributed by atoms with Gasteiger partial charge in [0.05, 0.1) is 15.8 Å². The molecule has 1 heterocycles. The van der Waals surface area contributed by atoms with Crippen LogP contribution >= 0.6 is 11.3 Å². The summed E-state index contributed by atoms with van der Waals surface area (Å²) in [5.74, 6) is 0.304. The van der Waals surface area contributed by atoms with Gasteiger partial charge in [0.15, 0.2) is 0 Å². The molecule has 1 N–H and O–H groups in total. The monoisotopic (exact) mass is 343 g/mol. The van der Waals surface area contributed by atoms with E-state index in [1.165, 1.54) is 22.3 Å². The molecule has 0 saturated carbocycles. The molecule has 25 heavy (non-hydrogen) atoms. The number of hydrogen-bond donors (Lipinski definition) is 1. The molecule has 4 aromatic rings. The summed E-state index contributed by atoms with van der Waals surface area (Å²) in [5, 5.41) is 11.6. The van der Waals surface area contributed by atoms with Gasteiger partial charge in [-0.05, 0) is 40.5 Å². The minimum absolute atomic E-state index is 0.169. The molecule has 0 aliphatic heterocycles. The molecule has 0 radical (unpaired) electrons. The van der Waals surface area contributed by atoms with Crippen LogP contribution in [0.15, 0.2) is 60.7 Å². The Morgan fingerprint density at radius 1 is 0.880 bits per heavy atom. The zero-order valence-corrected chi connectivity index (χ0v) is 14.9. The van der Waals surface area contributed by atoms with Crippen molar-refractivity contribution in [2.24, 2.45) is 0 Å². The van der Waals surface area contributed by atoms with Crippen LogP contribution in [-0.2, 0) is 5.41 Å². The van der Waals surface area contributed by atoms with Gasteiger partial charge in [-0.25, -0.2) is 4.98 Å². The number of benzene rings is 3. The molecule has 0 amide bonds. The summed E-state index contributed by atoms with van der Waals surface area (Å²) >= 11 is 1.64. The van der Waals surface area contributed by atoms with Crippen LogP contribution < -0.4 is 0 Å². The third-order valence-electron chi connectivity index (χ3n) is 5.21.